The van der Waals surface area contributed by atoms with Crippen molar-refractivity contribution in [3.8, 4) is 0 Å². The fourth-order valence-corrected chi connectivity index (χ4v) is 4.11. The van der Waals surface area contributed by atoms with E-state index < -0.39 is 22.0 Å². The Kier molecular flexibility index (Phi) is 4.07. The van der Waals surface area contributed by atoms with Crippen LogP contribution in [0.4, 0.5) is 0 Å². The van der Waals surface area contributed by atoms with Gasteiger partial charge in [-0.25, -0.2) is 8.42 Å². The summed E-state index contributed by atoms with van der Waals surface area (Å²) in [6.07, 6.45) is 0. The molecule has 23 heavy (non-hydrogen) atoms. The number of nitrogens with one attached hydrogen (secondary N) is 1. The highest BCUT2D eigenvalue weighted by atomic mass is 32.2. The molecule has 0 bridgehead atoms. The lowest BCUT2D eigenvalue weighted by Crippen LogP contribution is -2.37. The van der Waals surface area contributed by atoms with Crippen LogP contribution in [-0.2, 0) is 14.8 Å². The standard InChI is InChI=1S/C14H12N4O3S2/c15-14(19)12(9-5-2-1-3-6-9)18-23(20,21)11-8-4-7-10-13(11)17-22-16-10/h1-8,12,18H,(H2,15,19)/t12-/m0/s1. The summed E-state index contributed by atoms with van der Waals surface area (Å²) in [5, 5.41) is 0. The van der Waals surface area contributed by atoms with Gasteiger partial charge in [0.2, 0.25) is 15.9 Å². The van der Waals surface area contributed by atoms with Crippen molar-refractivity contribution >= 4 is 38.7 Å². The van der Waals surface area contributed by atoms with E-state index in [4.69, 9.17) is 5.73 Å². The van der Waals surface area contributed by atoms with E-state index in [-0.39, 0.29) is 10.4 Å². The van der Waals surface area contributed by atoms with E-state index in [9.17, 15) is 13.2 Å². The van der Waals surface area contributed by atoms with Crippen LogP contribution in [0.25, 0.3) is 11.0 Å². The molecule has 3 N–H and O–H groups in total. The number of primary amides is 1. The van der Waals surface area contributed by atoms with E-state index in [1.54, 1.807) is 42.5 Å². The molecule has 2 aromatic carbocycles. The Balaban J connectivity index is 2.03. The van der Waals surface area contributed by atoms with Gasteiger partial charge in [0.25, 0.3) is 0 Å². The molecule has 9 heteroatoms. The van der Waals surface area contributed by atoms with E-state index in [0.717, 1.165) is 11.7 Å². The fourth-order valence-electron chi connectivity index (χ4n) is 2.15. The summed E-state index contributed by atoms with van der Waals surface area (Å²) in [5.41, 5.74) is 6.56. The molecule has 3 rings (SSSR count). The lowest BCUT2D eigenvalue weighted by Gasteiger charge is -2.16. The Morgan fingerprint density at radius 3 is 2.52 bits per heavy atom. The average molecular weight is 348 g/mol. The molecule has 1 aromatic heterocycles. The first kappa shape index (κ1) is 15.5. The molecule has 0 unspecified atom stereocenters. The Morgan fingerprint density at radius 1 is 1.09 bits per heavy atom. The summed E-state index contributed by atoms with van der Waals surface area (Å²) < 4.78 is 35.7. The van der Waals surface area contributed by atoms with Crippen molar-refractivity contribution in [2.24, 2.45) is 5.73 Å². The highest BCUT2D eigenvalue weighted by Crippen LogP contribution is 2.23. The minimum absolute atomic E-state index is 0.0362. The second-order valence-electron chi connectivity index (χ2n) is 4.76. The van der Waals surface area contributed by atoms with Crippen LogP contribution in [0.2, 0.25) is 0 Å². The van der Waals surface area contributed by atoms with E-state index in [1.807, 2.05) is 0 Å². The van der Waals surface area contributed by atoms with Gasteiger partial charge in [-0.2, -0.15) is 13.5 Å². The SMILES string of the molecule is NC(=O)[C@@H](NS(=O)(=O)c1cccc2nsnc12)c1ccccc1. The summed E-state index contributed by atoms with van der Waals surface area (Å²) in [6.45, 7) is 0. The molecule has 0 fully saturated rings. The van der Waals surface area contributed by atoms with Gasteiger partial charge in [0.15, 0.2) is 0 Å². The summed E-state index contributed by atoms with van der Waals surface area (Å²) in [6, 6.07) is 11.9. The van der Waals surface area contributed by atoms with Gasteiger partial charge in [-0.1, -0.05) is 36.4 Å². The van der Waals surface area contributed by atoms with Crippen LogP contribution in [0.1, 0.15) is 11.6 Å². The number of carbonyl (C=O) groups is 1. The van der Waals surface area contributed by atoms with Gasteiger partial charge in [0, 0.05) is 0 Å². The van der Waals surface area contributed by atoms with Gasteiger partial charge >= 0.3 is 0 Å². The van der Waals surface area contributed by atoms with Gasteiger partial charge in [-0.15, -0.1) is 0 Å². The summed E-state index contributed by atoms with van der Waals surface area (Å²) >= 11 is 0.921. The van der Waals surface area contributed by atoms with Gasteiger partial charge < -0.3 is 5.73 Å². The van der Waals surface area contributed by atoms with Crippen molar-refractivity contribution in [1.29, 1.82) is 0 Å². The van der Waals surface area contributed by atoms with E-state index in [0.29, 0.717) is 11.1 Å². The second-order valence-corrected chi connectivity index (χ2v) is 6.97. The normalized spacial score (nSPS) is 13.0. The number of fused-ring (bicyclic) bond motifs is 1. The molecule has 0 aliphatic carbocycles. The highest BCUT2D eigenvalue weighted by Gasteiger charge is 2.27. The Bertz CT molecular complexity index is 954. The number of hydrogen-bond acceptors (Lipinski definition) is 6. The molecular formula is C14H12N4O3S2. The zero-order chi connectivity index (χ0) is 16.4. The quantitative estimate of drug-likeness (QED) is 0.719. The zero-order valence-corrected chi connectivity index (χ0v) is 13.3. The molecule has 0 aliphatic rings. The molecule has 1 heterocycles. The molecule has 118 valence electrons. The van der Waals surface area contributed by atoms with E-state index in [2.05, 4.69) is 13.5 Å². The number of carbonyl (C=O) groups excluding carboxylic acids is 1. The first-order chi connectivity index (χ1) is 11.0. The molecular weight excluding hydrogens is 336 g/mol. The number of nitrogens with zero attached hydrogens (tertiary/aromatic N) is 2. The summed E-state index contributed by atoms with van der Waals surface area (Å²) in [4.78, 5) is 11.7. The minimum atomic E-state index is -4.00. The number of sulfonamides is 1. The fraction of sp³-hybridized carbons (Fsp3) is 0.0714. The summed E-state index contributed by atoms with van der Waals surface area (Å²) in [7, 11) is -4.00. The number of rotatable bonds is 5. The van der Waals surface area contributed by atoms with E-state index >= 15 is 0 Å². The van der Waals surface area contributed by atoms with Crippen LogP contribution < -0.4 is 10.5 Å². The number of hydrogen-bond donors (Lipinski definition) is 2. The van der Waals surface area contributed by atoms with Crippen LogP contribution in [0, 0.1) is 0 Å². The minimum Gasteiger partial charge on any atom is -0.368 e. The number of aromatic nitrogens is 2. The molecule has 1 amide bonds. The molecule has 3 aromatic rings. The Hall–Kier alpha value is -2.36. The van der Waals surface area contributed by atoms with Crippen LogP contribution in [0.5, 0.6) is 0 Å². The highest BCUT2D eigenvalue weighted by molar-refractivity contribution is 7.89. The lowest BCUT2D eigenvalue weighted by molar-refractivity contribution is -0.119. The average Bonchev–Trinajstić information content (AvgIpc) is 3.01. The van der Waals surface area contributed by atoms with Gasteiger partial charge in [-0.05, 0) is 17.7 Å². The maximum atomic E-state index is 12.7. The van der Waals surface area contributed by atoms with Crippen LogP contribution >= 0.6 is 11.7 Å². The third-order valence-corrected chi connectivity index (χ3v) is 5.23. The Morgan fingerprint density at radius 2 is 1.83 bits per heavy atom. The Labute approximate surface area is 136 Å². The molecule has 0 radical (unpaired) electrons. The third kappa shape index (κ3) is 3.07. The molecule has 7 nitrogen and oxygen atoms in total. The second kappa shape index (κ2) is 6.03. The molecule has 0 spiro atoms. The monoisotopic (exact) mass is 348 g/mol. The van der Waals surface area contributed by atoms with Crippen molar-refractivity contribution in [1.82, 2.24) is 13.5 Å². The predicted molar refractivity (Wildman–Crippen MR) is 86.1 cm³/mol. The number of nitrogens with two attached hydrogens (primary N) is 1. The van der Waals surface area contributed by atoms with Crippen molar-refractivity contribution in [2.45, 2.75) is 10.9 Å². The number of benzene rings is 2. The smallest absolute Gasteiger partial charge is 0.243 e. The van der Waals surface area contributed by atoms with Crippen molar-refractivity contribution in [3.05, 3.63) is 54.1 Å². The molecule has 0 saturated heterocycles. The van der Waals surface area contributed by atoms with Crippen LogP contribution in [0.3, 0.4) is 0 Å². The molecule has 1 atom stereocenters. The maximum absolute atomic E-state index is 12.7. The first-order valence-electron chi connectivity index (χ1n) is 6.57. The maximum Gasteiger partial charge on any atom is 0.243 e. The first-order valence-corrected chi connectivity index (χ1v) is 8.78. The van der Waals surface area contributed by atoms with Crippen LogP contribution in [-0.4, -0.2) is 23.1 Å². The van der Waals surface area contributed by atoms with Gasteiger partial charge in [0.05, 0.1) is 11.7 Å². The largest absolute Gasteiger partial charge is 0.368 e. The van der Waals surface area contributed by atoms with Crippen molar-refractivity contribution in [2.75, 3.05) is 0 Å². The predicted octanol–water partition coefficient (Wildman–Crippen LogP) is 1.20. The lowest BCUT2D eigenvalue weighted by atomic mass is 10.1. The van der Waals surface area contributed by atoms with Crippen molar-refractivity contribution < 1.29 is 13.2 Å². The van der Waals surface area contributed by atoms with Crippen molar-refractivity contribution in [3.63, 3.8) is 0 Å². The third-order valence-electron chi connectivity index (χ3n) is 3.23. The molecule has 0 saturated carbocycles. The zero-order valence-electron chi connectivity index (χ0n) is 11.7. The summed E-state index contributed by atoms with van der Waals surface area (Å²) in [5.74, 6) is -0.789. The van der Waals surface area contributed by atoms with E-state index in [1.165, 1.54) is 6.07 Å². The van der Waals surface area contributed by atoms with Crippen LogP contribution in [0.15, 0.2) is 53.4 Å². The molecule has 0 aliphatic heterocycles. The topological polar surface area (TPSA) is 115 Å². The van der Waals surface area contributed by atoms with Gasteiger partial charge in [-0.3, -0.25) is 4.79 Å². The number of amides is 1. The van der Waals surface area contributed by atoms with Gasteiger partial charge in [0.1, 0.15) is 22.0 Å².